The Kier molecular flexibility index (Phi) is 5.51. The molecule has 0 saturated heterocycles. The van der Waals surface area contributed by atoms with Crippen molar-refractivity contribution in [2.75, 3.05) is 19.7 Å². The second-order valence-corrected chi connectivity index (χ2v) is 4.10. The molecule has 0 radical (unpaired) electrons. The Morgan fingerprint density at radius 3 is 1.62 bits per heavy atom. The fourth-order valence-electron chi connectivity index (χ4n) is 1.62. The van der Waals surface area contributed by atoms with Gasteiger partial charge in [-0.2, -0.15) is 13.2 Å². The third-order valence-electron chi connectivity index (χ3n) is 2.50. The van der Waals surface area contributed by atoms with Gasteiger partial charge in [0.1, 0.15) is 0 Å². The summed E-state index contributed by atoms with van der Waals surface area (Å²) in [7, 11) is 0. The largest absolute Gasteiger partial charge is 0.401 e. The zero-order chi connectivity index (χ0) is 16.4. The quantitative estimate of drug-likeness (QED) is 0.512. The molecular formula is C11H9F8NO. The van der Waals surface area contributed by atoms with E-state index in [1.54, 1.807) is 0 Å². The normalized spacial score (nSPS) is 12.3. The average molecular weight is 323 g/mol. The van der Waals surface area contributed by atoms with E-state index in [0.29, 0.717) is 4.90 Å². The monoisotopic (exact) mass is 323 g/mol. The summed E-state index contributed by atoms with van der Waals surface area (Å²) in [5, 5.41) is 8.60. The lowest BCUT2D eigenvalue weighted by atomic mass is 10.1. The summed E-state index contributed by atoms with van der Waals surface area (Å²) in [6.07, 6.45) is -4.76. The van der Waals surface area contributed by atoms with E-state index in [1.807, 2.05) is 0 Å². The van der Waals surface area contributed by atoms with Crippen molar-refractivity contribution >= 4 is 0 Å². The van der Waals surface area contributed by atoms with E-state index >= 15 is 0 Å². The van der Waals surface area contributed by atoms with Gasteiger partial charge in [0.05, 0.1) is 13.2 Å². The van der Waals surface area contributed by atoms with Gasteiger partial charge in [0.25, 0.3) is 0 Å². The minimum Gasteiger partial charge on any atom is -0.395 e. The minimum atomic E-state index is -4.76. The van der Waals surface area contributed by atoms with E-state index in [9.17, 15) is 35.1 Å². The van der Waals surface area contributed by atoms with E-state index in [2.05, 4.69) is 0 Å². The van der Waals surface area contributed by atoms with Crippen molar-refractivity contribution < 1.29 is 40.2 Å². The lowest BCUT2D eigenvalue weighted by Crippen LogP contribution is -2.36. The highest BCUT2D eigenvalue weighted by Gasteiger charge is 2.33. The summed E-state index contributed by atoms with van der Waals surface area (Å²) in [5.74, 6) is -11.3. The highest BCUT2D eigenvalue weighted by atomic mass is 19.4. The molecule has 0 heterocycles. The SMILES string of the molecule is OCCN(Cc1c(F)c(F)c(F)c(F)c1F)CC(F)(F)F. The van der Waals surface area contributed by atoms with Gasteiger partial charge in [-0.25, -0.2) is 22.0 Å². The predicted octanol–water partition coefficient (Wildman–Crippen LogP) is 2.74. The zero-order valence-corrected chi connectivity index (χ0v) is 10.2. The van der Waals surface area contributed by atoms with E-state index < -0.39 is 67.1 Å². The second-order valence-electron chi connectivity index (χ2n) is 4.10. The molecule has 0 unspecified atom stereocenters. The van der Waals surface area contributed by atoms with Crippen LogP contribution in [0.5, 0.6) is 0 Å². The molecule has 1 aromatic rings. The molecule has 21 heavy (non-hydrogen) atoms. The Morgan fingerprint density at radius 1 is 0.810 bits per heavy atom. The molecular weight excluding hydrogens is 314 g/mol. The van der Waals surface area contributed by atoms with Crippen LogP contribution in [-0.2, 0) is 6.54 Å². The Labute approximate surface area is 113 Å². The summed E-state index contributed by atoms with van der Waals surface area (Å²) < 4.78 is 102. The van der Waals surface area contributed by atoms with Crippen LogP contribution in [0, 0.1) is 29.1 Å². The molecule has 0 aromatic heterocycles. The number of hydrogen-bond acceptors (Lipinski definition) is 2. The van der Waals surface area contributed by atoms with Gasteiger partial charge in [-0.05, 0) is 0 Å². The van der Waals surface area contributed by atoms with Crippen LogP contribution < -0.4 is 0 Å². The Morgan fingerprint density at radius 2 is 1.24 bits per heavy atom. The number of aliphatic hydroxyl groups excluding tert-OH is 1. The molecule has 1 N–H and O–H groups in total. The molecule has 0 aliphatic heterocycles. The van der Waals surface area contributed by atoms with Crippen molar-refractivity contribution in [3.05, 3.63) is 34.6 Å². The molecule has 120 valence electrons. The second kappa shape index (κ2) is 6.56. The van der Waals surface area contributed by atoms with Gasteiger partial charge in [0.15, 0.2) is 23.3 Å². The van der Waals surface area contributed by atoms with Gasteiger partial charge in [-0.3, -0.25) is 4.90 Å². The first-order valence-electron chi connectivity index (χ1n) is 5.48. The van der Waals surface area contributed by atoms with Crippen LogP contribution in [0.4, 0.5) is 35.1 Å². The van der Waals surface area contributed by atoms with Crippen molar-refractivity contribution in [2.45, 2.75) is 12.7 Å². The van der Waals surface area contributed by atoms with Gasteiger partial charge >= 0.3 is 6.18 Å². The van der Waals surface area contributed by atoms with E-state index in [0.717, 1.165) is 0 Å². The molecule has 0 spiro atoms. The van der Waals surface area contributed by atoms with Crippen LogP contribution in [0.1, 0.15) is 5.56 Å². The van der Waals surface area contributed by atoms with Crippen molar-refractivity contribution in [1.82, 2.24) is 4.90 Å². The Bertz CT molecular complexity index is 487. The summed E-state index contributed by atoms with van der Waals surface area (Å²) in [4.78, 5) is 0.318. The van der Waals surface area contributed by atoms with Crippen LogP contribution in [0.3, 0.4) is 0 Å². The van der Waals surface area contributed by atoms with Crippen molar-refractivity contribution in [1.29, 1.82) is 0 Å². The fourth-order valence-corrected chi connectivity index (χ4v) is 1.62. The van der Waals surface area contributed by atoms with Gasteiger partial charge in [-0.1, -0.05) is 0 Å². The number of benzene rings is 1. The Balaban J connectivity index is 3.15. The third kappa shape index (κ3) is 4.27. The van der Waals surface area contributed by atoms with Crippen LogP contribution >= 0.6 is 0 Å². The maximum absolute atomic E-state index is 13.3. The van der Waals surface area contributed by atoms with E-state index in [4.69, 9.17) is 5.11 Å². The molecule has 0 atom stereocenters. The molecule has 1 rings (SSSR count). The number of hydrogen-bond donors (Lipinski definition) is 1. The number of rotatable bonds is 5. The highest BCUT2D eigenvalue weighted by molar-refractivity contribution is 5.24. The predicted molar refractivity (Wildman–Crippen MR) is 54.6 cm³/mol. The molecule has 0 fully saturated rings. The molecule has 10 heteroatoms. The standard InChI is InChI=1S/C11H9F8NO/c12-6-5(7(13)9(15)10(16)8(6)14)3-20(1-2-21)4-11(17,18)19/h21H,1-4H2. The van der Waals surface area contributed by atoms with E-state index in [1.165, 1.54) is 0 Å². The maximum Gasteiger partial charge on any atom is 0.401 e. The molecule has 2 nitrogen and oxygen atoms in total. The van der Waals surface area contributed by atoms with Crippen LogP contribution in [0.15, 0.2) is 0 Å². The lowest BCUT2D eigenvalue weighted by Gasteiger charge is -2.23. The van der Waals surface area contributed by atoms with Crippen LogP contribution in [-0.4, -0.2) is 35.9 Å². The molecule has 0 amide bonds. The first-order chi connectivity index (χ1) is 9.58. The third-order valence-corrected chi connectivity index (χ3v) is 2.50. The average Bonchev–Trinajstić information content (AvgIpc) is 2.37. The van der Waals surface area contributed by atoms with Gasteiger partial charge in [-0.15, -0.1) is 0 Å². The highest BCUT2D eigenvalue weighted by Crippen LogP contribution is 2.25. The number of halogens is 8. The van der Waals surface area contributed by atoms with E-state index in [-0.39, 0.29) is 0 Å². The van der Waals surface area contributed by atoms with Crippen LogP contribution in [0.25, 0.3) is 0 Å². The van der Waals surface area contributed by atoms with Crippen LogP contribution in [0.2, 0.25) is 0 Å². The molecule has 0 aliphatic carbocycles. The summed E-state index contributed by atoms with van der Waals surface area (Å²) in [6, 6.07) is 0. The van der Waals surface area contributed by atoms with Crippen molar-refractivity contribution in [3.8, 4) is 0 Å². The van der Waals surface area contributed by atoms with Crippen molar-refractivity contribution in [2.24, 2.45) is 0 Å². The minimum absolute atomic E-state index is 0.318. The molecule has 1 aromatic carbocycles. The van der Waals surface area contributed by atoms with Gasteiger partial charge < -0.3 is 5.11 Å². The summed E-state index contributed by atoms with van der Waals surface area (Å²) >= 11 is 0. The fraction of sp³-hybridized carbons (Fsp3) is 0.455. The first-order valence-corrected chi connectivity index (χ1v) is 5.48. The van der Waals surface area contributed by atoms with Gasteiger partial charge in [0, 0.05) is 18.7 Å². The zero-order valence-electron chi connectivity index (χ0n) is 10.2. The summed E-state index contributed by atoms with van der Waals surface area (Å²) in [5.41, 5.74) is -1.39. The molecule has 0 bridgehead atoms. The van der Waals surface area contributed by atoms with Crippen molar-refractivity contribution in [3.63, 3.8) is 0 Å². The number of aliphatic hydroxyl groups is 1. The summed E-state index contributed by atoms with van der Waals surface area (Å²) in [6.45, 7) is -4.30. The number of nitrogens with zero attached hydrogens (tertiary/aromatic N) is 1. The smallest absolute Gasteiger partial charge is 0.395 e. The molecule has 0 aliphatic rings. The Hall–Kier alpha value is -1.42. The maximum atomic E-state index is 13.3. The topological polar surface area (TPSA) is 23.5 Å². The molecule has 0 saturated carbocycles. The number of alkyl halides is 3. The van der Waals surface area contributed by atoms with Gasteiger partial charge in [0.2, 0.25) is 5.82 Å². The lowest BCUT2D eigenvalue weighted by molar-refractivity contribution is -0.148. The first kappa shape index (κ1) is 17.6.